The van der Waals surface area contributed by atoms with Gasteiger partial charge in [-0.15, -0.1) is 0 Å². The van der Waals surface area contributed by atoms with Crippen molar-refractivity contribution in [3.05, 3.63) is 92.8 Å². The van der Waals surface area contributed by atoms with Crippen LogP contribution in [0.1, 0.15) is 35.2 Å². The number of nitrogens with zero attached hydrogens (tertiary/aromatic N) is 2. The first kappa shape index (κ1) is 22.9. The van der Waals surface area contributed by atoms with Crippen molar-refractivity contribution in [2.75, 3.05) is 5.32 Å². The van der Waals surface area contributed by atoms with Crippen molar-refractivity contribution in [3.63, 3.8) is 0 Å². The van der Waals surface area contributed by atoms with E-state index < -0.39 is 29.1 Å². The van der Waals surface area contributed by atoms with Crippen LogP contribution in [0.3, 0.4) is 0 Å². The van der Waals surface area contributed by atoms with E-state index in [1.54, 1.807) is 44.3 Å². The quantitative estimate of drug-likeness (QED) is 0.165. The molecule has 0 bridgehead atoms. The minimum absolute atomic E-state index is 0.107. The molecule has 2 aromatic heterocycles. The van der Waals surface area contributed by atoms with Crippen LogP contribution in [0.2, 0.25) is 0 Å². The van der Waals surface area contributed by atoms with Gasteiger partial charge < -0.3 is 20.7 Å². The third kappa shape index (κ3) is 3.96. The average molecular weight is 464 g/mol. The molecule has 174 valence electrons. The summed E-state index contributed by atoms with van der Waals surface area (Å²) in [5.74, 6) is -2.62. The number of pyridine rings is 1. The van der Waals surface area contributed by atoms with Crippen LogP contribution in [0.5, 0.6) is 0 Å². The molecular weight excluding hydrogens is 442 g/mol. The SMILES string of the molecule is Cc1cc([C@@H](C)Nc2ccc(F)c(F)c2C(N)=NO)c2oc(-c3ccccn3)c(C)c(=O)c2c1. The minimum Gasteiger partial charge on any atom is -0.454 e. The average Bonchev–Trinajstić information content (AvgIpc) is 2.83. The lowest BCUT2D eigenvalue weighted by molar-refractivity contribution is 0.318. The lowest BCUT2D eigenvalue weighted by Crippen LogP contribution is -2.20. The molecule has 0 spiro atoms. The lowest BCUT2D eigenvalue weighted by Gasteiger charge is -2.20. The zero-order valence-corrected chi connectivity index (χ0v) is 18.7. The first-order valence-electron chi connectivity index (χ1n) is 10.4. The topological polar surface area (TPSA) is 114 Å². The highest BCUT2D eigenvalue weighted by Gasteiger charge is 2.22. The molecule has 0 aliphatic heterocycles. The van der Waals surface area contributed by atoms with Crippen LogP contribution in [-0.4, -0.2) is 16.0 Å². The molecule has 34 heavy (non-hydrogen) atoms. The van der Waals surface area contributed by atoms with E-state index in [1.165, 1.54) is 6.07 Å². The number of oxime groups is 1. The smallest absolute Gasteiger partial charge is 0.196 e. The molecule has 0 unspecified atom stereocenters. The maximum Gasteiger partial charge on any atom is 0.196 e. The number of nitrogens with one attached hydrogen (secondary N) is 1. The van der Waals surface area contributed by atoms with Crippen molar-refractivity contribution in [3.8, 4) is 11.5 Å². The van der Waals surface area contributed by atoms with Gasteiger partial charge in [-0.1, -0.05) is 17.3 Å². The monoisotopic (exact) mass is 464 g/mol. The highest BCUT2D eigenvalue weighted by atomic mass is 19.2. The van der Waals surface area contributed by atoms with E-state index in [0.717, 1.165) is 11.6 Å². The number of benzene rings is 2. The van der Waals surface area contributed by atoms with Crippen molar-refractivity contribution in [2.45, 2.75) is 26.8 Å². The zero-order valence-electron chi connectivity index (χ0n) is 18.7. The summed E-state index contributed by atoms with van der Waals surface area (Å²) in [6.45, 7) is 5.30. The fourth-order valence-corrected chi connectivity index (χ4v) is 3.91. The van der Waals surface area contributed by atoms with Crippen LogP contribution in [0, 0.1) is 25.5 Å². The molecule has 9 heteroatoms. The molecule has 0 amide bonds. The molecule has 0 radical (unpaired) electrons. The zero-order chi connectivity index (χ0) is 24.6. The number of fused-ring (bicyclic) bond motifs is 1. The standard InChI is InChI=1S/C25H22F2N4O3/c1-12-10-15(14(3)30-18-8-7-17(26)21(27)20(18)25(28)31-33)24-16(11-12)22(32)13(2)23(34-24)19-6-4-5-9-29-19/h4-11,14,30,33H,1-3H3,(H2,28,31)/t14-/m1/s1. The second-order valence-corrected chi connectivity index (χ2v) is 7.97. The van der Waals surface area contributed by atoms with Gasteiger partial charge in [-0.05, 0) is 56.7 Å². The summed E-state index contributed by atoms with van der Waals surface area (Å²) < 4.78 is 34.5. The Balaban J connectivity index is 1.90. The molecule has 0 saturated heterocycles. The predicted octanol–water partition coefficient (Wildman–Crippen LogP) is 5.02. The predicted molar refractivity (Wildman–Crippen MR) is 126 cm³/mol. The van der Waals surface area contributed by atoms with E-state index in [9.17, 15) is 13.6 Å². The Hall–Kier alpha value is -4.27. The molecule has 4 rings (SSSR count). The van der Waals surface area contributed by atoms with E-state index in [0.29, 0.717) is 33.6 Å². The van der Waals surface area contributed by atoms with Crippen molar-refractivity contribution in [1.82, 2.24) is 4.98 Å². The van der Waals surface area contributed by atoms with Gasteiger partial charge in [-0.3, -0.25) is 9.78 Å². The van der Waals surface area contributed by atoms with Gasteiger partial charge in [0.1, 0.15) is 11.3 Å². The highest BCUT2D eigenvalue weighted by molar-refractivity contribution is 6.02. The summed E-state index contributed by atoms with van der Waals surface area (Å²) in [4.78, 5) is 17.5. The second kappa shape index (κ2) is 8.93. The van der Waals surface area contributed by atoms with Crippen LogP contribution in [0.25, 0.3) is 22.4 Å². The van der Waals surface area contributed by atoms with Gasteiger partial charge in [0.25, 0.3) is 0 Å². The molecule has 0 saturated carbocycles. The normalized spacial score (nSPS) is 12.7. The molecule has 0 fully saturated rings. The Morgan fingerprint density at radius 2 is 1.97 bits per heavy atom. The van der Waals surface area contributed by atoms with Gasteiger partial charge in [-0.25, -0.2) is 8.78 Å². The summed E-state index contributed by atoms with van der Waals surface area (Å²) in [7, 11) is 0. The van der Waals surface area contributed by atoms with E-state index >= 15 is 0 Å². The van der Waals surface area contributed by atoms with Crippen LogP contribution in [0.4, 0.5) is 14.5 Å². The van der Waals surface area contributed by atoms with Crippen LogP contribution >= 0.6 is 0 Å². The molecular formula is C25H22F2N4O3. The molecule has 4 N–H and O–H groups in total. The maximum absolute atomic E-state index is 14.5. The van der Waals surface area contributed by atoms with Gasteiger partial charge in [0.15, 0.2) is 28.7 Å². The van der Waals surface area contributed by atoms with Crippen molar-refractivity contribution in [2.24, 2.45) is 10.9 Å². The Morgan fingerprint density at radius 1 is 1.21 bits per heavy atom. The van der Waals surface area contributed by atoms with Crippen molar-refractivity contribution in [1.29, 1.82) is 0 Å². The van der Waals surface area contributed by atoms with Crippen LogP contribution in [-0.2, 0) is 0 Å². The number of nitrogens with two attached hydrogens (primary N) is 1. The second-order valence-electron chi connectivity index (χ2n) is 7.97. The summed E-state index contributed by atoms with van der Waals surface area (Å²) in [5.41, 5.74) is 7.82. The molecule has 7 nitrogen and oxygen atoms in total. The summed E-state index contributed by atoms with van der Waals surface area (Å²) in [6.07, 6.45) is 1.61. The molecule has 4 aromatic rings. The first-order chi connectivity index (χ1) is 16.2. The fraction of sp³-hybridized carbons (Fsp3) is 0.160. The lowest BCUT2D eigenvalue weighted by atomic mass is 9.99. The number of amidine groups is 1. The van der Waals surface area contributed by atoms with Crippen LogP contribution < -0.4 is 16.5 Å². The number of rotatable bonds is 5. The molecule has 2 aromatic carbocycles. The molecule has 1 atom stereocenters. The number of aromatic nitrogens is 1. The van der Waals surface area contributed by atoms with Gasteiger partial charge in [0, 0.05) is 23.0 Å². The fourth-order valence-electron chi connectivity index (χ4n) is 3.91. The van der Waals surface area contributed by atoms with Gasteiger partial charge >= 0.3 is 0 Å². The minimum atomic E-state index is -1.25. The van der Waals surface area contributed by atoms with Crippen LogP contribution in [0.15, 0.2) is 63.0 Å². The first-order valence-corrected chi connectivity index (χ1v) is 10.4. The van der Waals surface area contributed by atoms with Gasteiger partial charge in [-0.2, -0.15) is 0 Å². The Bertz CT molecular complexity index is 1480. The third-order valence-electron chi connectivity index (χ3n) is 5.59. The third-order valence-corrected chi connectivity index (χ3v) is 5.59. The maximum atomic E-state index is 14.5. The summed E-state index contributed by atoms with van der Waals surface area (Å²) >= 11 is 0. The Kier molecular flexibility index (Phi) is 6.02. The number of hydrogen-bond acceptors (Lipinski definition) is 6. The van der Waals surface area contributed by atoms with E-state index in [2.05, 4.69) is 15.5 Å². The summed E-state index contributed by atoms with van der Waals surface area (Å²) in [5, 5.41) is 15.3. The van der Waals surface area contributed by atoms with Crippen molar-refractivity contribution >= 4 is 22.5 Å². The number of anilines is 1. The number of hydrogen-bond donors (Lipinski definition) is 3. The number of aryl methyl sites for hydroxylation is 1. The summed E-state index contributed by atoms with van der Waals surface area (Å²) in [6, 6.07) is 10.6. The van der Waals surface area contributed by atoms with Gasteiger partial charge in [0.05, 0.1) is 17.0 Å². The largest absolute Gasteiger partial charge is 0.454 e. The van der Waals surface area contributed by atoms with E-state index in [-0.39, 0.29) is 11.1 Å². The highest BCUT2D eigenvalue weighted by Crippen LogP contribution is 2.32. The molecule has 0 aliphatic rings. The molecule has 0 aliphatic carbocycles. The number of halogens is 2. The van der Waals surface area contributed by atoms with E-state index in [4.69, 9.17) is 15.4 Å². The van der Waals surface area contributed by atoms with E-state index in [1.807, 2.05) is 13.0 Å². The molecule has 2 heterocycles. The Morgan fingerprint density at radius 3 is 2.65 bits per heavy atom. The van der Waals surface area contributed by atoms with Crippen molar-refractivity contribution < 1.29 is 18.4 Å². The Labute approximate surface area is 193 Å². The van der Waals surface area contributed by atoms with Gasteiger partial charge in [0.2, 0.25) is 0 Å².